The predicted octanol–water partition coefficient (Wildman–Crippen LogP) is 4.71. The van der Waals surface area contributed by atoms with Crippen molar-refractivity contribution >= 4 is 32.5 Å². The fourth-order valence-corrected chi connectivity index (χ4v) is 5.23. The molecule has 1 fully saturated rings. The zero-order chi connectivity index (χ0) is 22.2. The topological polar surface area (TPSA) is 115 Å². The van der Waals surface area contributed by atoms with E-state index in [9.17, 15) is 18.3 Å². The standard InChI is InChI=1S/C22H24N4O4S/c1-14(2)15-8-9-19-18(13-15)20(22(28)23-19)24-25-21(27)16-6-5-7-17(12-16)31(29,30)26-10-3-4-11-26/h5-9,12-14,23,28H,3-4,10-11H2,1-2H3. The van der Waals surface area contributed by atoms with E-state index in [1.54, 1.807) is 0 Å². The summed E-state index contributed by atoms with van der Waals surface area (Å²) < 4.78 is 26.9. The van der Waals surface area contributed by atoms with Gasteiger partial charge in [-0.2, -0.15) is 4.31 Å². The second kappa shape index (κ2) is 8.24. The molecular weight excluding hydrogens is 416 g/mol. The number of fused-ring (bicyclic) bond motifs is 1. The quantitative estimate of drug-likeness (QED) is 0.559. The van der Waals surface area contributed by atoms with Gasteiger partial charge in [0.05, 0.1) is 10.4 Å². The second-order valence-electron chi connectivity index (χ2n) is 7.93. The molecule has 0 spiro atoms. The van der Waals surface area contributed by atoms with Crippen LogP contribution in [0, 0.1) is 0 Å². The summed E-state index contributed by atoms with van der Waals surface area (Å²) in [5.41, 5.74) is 2.04. The minimum Gasteiger partial charge on any atom is -0.493 e. The van der Waals surface area contributed by atoms with Crippen LogP contribution in [0.15, 0.2) is 57.6 Å². The second-order valence-corrected chi connectivity index (χ2v) is 9.86. The van der Waals surface area contributed by atoms with E-state index in [2.05, 4.69) is 29.1 Å². The smallest absolute Gasteiger partial charge is 0.295 e. The number of carbonyl (C=O) groups excluding carboxylic acids is 1. The van der Waals surface area contributed by atoms with Crippen LogP contribution in [-0.2, 0) is 10.0 Å². The van der Waals surface area contributed by atoms with Gasteiger partial charge in [0.15, 0.2) is 5.69 Å². The van der Waals surface area contributed by atoms with Crippen LogP contribution in [0.3, 0.4) is 0 Å². The normalized spacial score (nSPS) is 15.5. The fourth-order valence-electron chi connectivity index (χ4n) is 3.66. The van der Waals surface area contributed by atoms with Gasteiger partial charge in [-0.15, -0.1) is 10.2 Å². The van der Waals surface area contributed by atoms with Gasteiger partial charge in [0.25, 0.3) is 5.91 Å². The third-order valence-corrected chi connectivity index (χ3v) is 7.36. The lowest BCUT2D eigenvalue weighted by atomic mass is 10.0. The van der Waals surface area contributed by atoms with Gasteiger partial charge in [-0.3, -0.25) is 4.79 Å². The van der Waals surface area contributed by atoms with Gasteiger partial charge in [-0.05, 0) is 54.7 Å². The van der Waals surface area contributed by atoms with Crippen LogP contribution in [0.4, 0.5) is 5.69 Å². The molecule has 2 aromatic carbocycles. The van der Waals surface area contributed by atoms with Crippen molar-refractivity contribution in [2.24, 2.45) is 10.2 Å². The van der Waals surface area contributed by atoms with Gasteiger partial charge in [-0.25, -0.2) is 8.42 Å². The Bertz CT molecular complexity index is 1270. The van der Waals surface area contributed by atoms with Crippen molar-refractivity contribution in [3.05, 3.63) is 53.6 Å². The Morgan fingerprint density at radius 2 is 1.87 bits per heavy atom. The highest BCUT2D eigenvalue weighted by atomic mass is 32.2. The molecule has 0 saturated carbocycles. The number of benzene rings is 2. The minimum atomic E-state index is -3.64. The summed E-state index contributed by atoms with van der Waals surface area (Å²) in [4.78, 5) is 15.5. The van der Waals surface area contributed by atoms with Gasteiger partial charge in [0, 0.05) is 24.0 Å². The molecule has 1 amide bonds. The van der Waals surface area contributed by atoms with Crippen LogP contribution >= 0.6 is 0 Å². The number of hydrogen-bond acceptors (Lipinski definition) is 5. The number of nitrogens with one attached hydrogen (secondary N) is 1. The Morgan fingerprint density at radius 3 is 2.58 bits per heavy atom. The summed E-state index contributed by atoms with van der Waals surface area (Å²) in [7, 11) is -3.64. The van der Waals surface area contributed by atoms with E-state index in [4.69, 9.17) is 0 Å². The molecule has 2 N–H and O–H groups in total. The molecule has 9 heteroatoms. The third-order valence-electron chi connectivity index (χ3n) is 5.47. The summed E-state index contributed by atoms with van der Waals surface area (Å²) in [6, 6.07) is 11.5. The molecule has 2 heterocycles. The Balaban J connectivity index is 1.63. The lowest BCUT2D eigenvalue weighted by Crippen LogP contribution is -2.27. The Hall–Kier alpha value is -3.04. The van der Waals surface area contributed by atoms with Crippen LogP contribution < -0.4 is 0 Å². The number of amides is 1. The van der Waals surface area contributed by atoms with Gasteiger partial charge < -0.3 is 10.1 Å². The first-order valence-corrected chi connectivity index (χ1v) is 11.6. The van der Waals surface area contributed by atoms with Crippen molar-refractivity contribution in [1.82, 2.24) is 9.29 Å². The number of rotatable bonds is 5. The Morgan fingerprint density at radius 1 is 1.13 bits per heavy atom. The van der Waals surface area contributed by atoms with E-state index in [0.717, 1.165) is 18.4 Å². The van der Waals surface area contributed by atoms with E-state index in [0.29, 0.717) is 24.0 Å². The average Bonchev–Trinajstić information content (AvgIpc) is 3.40. The number of aromatic nitrogens is 1. The van der Waals surface area contributed by atoms with E-state index >= 15 is 0 Å². The number of aromatic amines is 1. The summed E-state index contributed by atoms with van der Waals surface area (Å²) in [5.74, 6) is -0.585. The zero-order valence-corrected chi connectivity index (χ0v) is 18.2. The highest BCUT2D eigenvalue weighted by Gasteiger charge is 2.27. The molecule has 1 aliphatic heterocycles. The van der Waals surface area contributed by atoms with E-state index in [1.807, 2.05) is 18.2 Å². The van der Waals surface area contributed by atoms with Crippen LogP contribution in [0.25, 0.3) is 10.9 Å². The lowest BCUT2D eigenvalue weighted by molar-refractivity contribution is 0.0995. The number of nitrogens with zero attached hydrogens (tertiary/aromatic N) is 3. The van der Waals surface area contributed by atoms with E-state index in [1.165, 1.54) is 28.6 Å². The Labute approximate surface area is 180 Å². The van der Waals surface area contributed by atoms with Gasteiger partial charge in [0.1, 0.15) is 0 Å². The minimum absolute atomic E-state index is 0.0620. The van der Waals surface area contributed by atoms with Crippen LogP contribution in [-0.4, -0.2) is 41.8 Å². The predicted molar refractivity (Wildman–Crippen MR) is 117 cm³/mol. The van der Waals surface area contributed by atoms with Crippen molar-refractivity contribution in [2.45, 2.75) is 37.5 Å². The van der Waals surface area contributed by atoms with Crippen LogP contribution in [0.2, 0.25) is 0 Å². The summed E-state index contributed by atoms with van der Waals surface area (Å²) in [6.45, 7) is 5.08. The fraction of sp³-hybridized carbons (Fsp3) is 0.318. The van der Waals surface area contributed by atoms with Crippen molar-refractivity contribution in [3.8, 4) is 5.88 Å². The molecule has 3 aromatic rings. The molecule has 0 radical (unpaired) electrons. The highest BCUT2D eigenvalue weighted by molar-refractivity contribution is 7.89. The maximum absolute atomic E-state index is 12.8. The number of hydrogen-bond donors (Lipinski definition) is 2. The van der Waals surface area contributed by atoms with E-state index in [-0.39, 0.29) is 27.9 Å². The molecule has 1 aromatic heterocycles. The number of sulfonamides is 1. The van der Waals surface area contributed by atoms with Crippen LogP contribution in [0.1, 0.15) is 48.5 Å². The van der Waals surface area contributed by atoms with Gasteiger partial charge >= 0.3 is 0 Å². The molecular formula is C22H24N4O4S. The number of aromatic hydroxyl groups is 1. The molecule has 0 atom stereocenters. The average molecular weight is 441 g/mol. The first-order valence-electron chi connectivity index (χ1n) is 10.2. The third kappa shape index (κ3) is 4.11. The monoisotopic (exact) mass is 440 g/mol. The molecule has 31 heavy (non-hydrogen) atoms. The van der Waals surface area contributed by atoms with Crippen molar-refractivity contribution in [2.75, 3.05) is 13.1 Å². The molecule has 0 unspecified atom stereocenters. The first kappa shape index (κ1) is 21.2. The zero-order valence-electron chi connectivity index (χ0n) is 17.4. The van der Waals surface area contributed by atoms with Gasteiger partial charge in [-0.1, -0.05) is 26.0 Å². The highest BCUT2D eigenvalue weighted by Crippen LogP contribution is 2.37. The summed E-state index contributed by atoms with van der Waals surface area (Å²) in [5, 5.41) is 18.6. The molecule has 1 saturated heterocycles. The lowest BCUT2D eigenvalue weighted by Gasteiger charge is -2.15. The summed E-state index contributed by atoms with van der Waals surface area (Å²) in [6.07, 6.45) is 1.66. The van der Waals surface area contributed by atoms with Gasteiger partial charge in [0.2, 0.25) is 15.9 Å². The van der Waals surface area contributed by atoms with Crippen molar-refractivity contribution in [3.63, 3.8) is 0 Å². The SMILES string of the molecule is CC(C)c1ccc2[nH]c(O)c(N=NC(=O)c3cccc(S(=O)(=O)N4CCCC4)c3)c2c1. The Kier molecular flexibility index (Phi) is 5.63. The number of azo groups is 1. The summed E-state index contributed by atoms with van der Waals surface area (Å²) >= 11 is 0. The molecule has 1 aliphatic rings. The largest absolute Gasteiger partial charge is 0.493 e. The van der Waals surface area contributed by atoms with Crippen LogP contribution in [0.5, 0.6) is 5.88 Å². The molecule has 162 valence electrons. The number of H-pyrrole nitrogens is 1. The molecule has 0 aliphatic carbocycles. The van der Waals surface area contributed by atoms with E-state index < -0.39 is 15.9 Å². The molecule has 0 bridgehead atoms. The maximum atomic E-state index is 12.8. The molecule has 4 rings (SSSR count). The van der Waals surface area contributed by atoms with Crippen molar-refractivity contribution < 1.29 is 18.3 Å². The number of carbonyl (C=O) groups is 1. The maximum Gasteiger partial charge on any atom is 0.295 e. The first-order chi connectivity index (χ1) is 14.8. The van der Waals surface area contributed by atoms with Crippen molar-refractivity contribution in [1.29, 1.82) is 0 Å². The molecule has 8 nitrogen and oxygen atoms in total.